The Kier molecular flexibility index (Phi) is 6.39. The summed E-state index contributed by atoms with van der Waals surface area (Å²) in [5.41, 5.74) is 0. The van der Waals surface area contributed by atoms with Crippen molar-refractivity contribution in [2.45, 2.75) is 83.4 Å². The lowest BCUT2D eigenvalue weighted by Gasteiger charge is -2.37. The second-order valence-corrected chi connectivity index (χ2v) is 7.06. The third kappa shape index (κ3) is 5.15. The molecule has 0 radical (unpaired) electrons. The maximum atomic E-state index is 12.8. The Balaban J connectivity index is 1.84. The molecule has 0 aliphatic heterocycles. The summed E-state index contributed by atoms with van der Waals surface area (Å²) in [5, 5.41) is 3.57. The van der Waals surface area contributed by atoms with E-state index < -0.39 is 12.1 Å². The molecule has 0 aromatic rings. The largest absolute Gasteiger partial charge is 0.391 e. The van der Waals surface area contributed by atoms with E-state index in [2.05, 4.69) is 12.2 Å². The van der Waals surface area contributed by atoms with Crippen LogP contribution in [-0.4, -0.2) is 18.8 Å². The zero-order valence-electron chi connectivity index (χ0n) is 13.2. The quantitative estimate of drug-likeness (QED) is 0.726. The Morgan fingerprint density at radius 3 is 2.10 bits per heavy atom. The molecule has 0 spiro atoms. The highest BCUT2D eigenvalue weighted by atomic mass is 19.4. The first-order valence-corrected chi connectivity index (χ1v) is 8.80. The van der Waals surface area contributed by atoms with Crippen molar-refractivity contribution in [3.63, 3.8) is 0 Å². The van der Waals surface area contributed by atoms with Crippen LogP contribution in [0.3, 0.4) is 0 Å². The van der Waals surface area contributed by atoms with E-state index in [0.29, 0.717) is 24.8 Å². The van der Waals surface area contributed by atoms with Crippen LogP contribution in [0.15, 0.2) is 0 Å². The van der Waals surface area contributed by atoms with Gasteiger partial charge in [0.05, 0.1) is 5.92 Å². The molecular weight excluding hydrogens is 275 g/mol. The molecule has 2 aliphatic rings. The van der Waals surface area contributed by atoms with Gasteiger partial charge in [-0.1, -0.05) is 39.0 Å². The van der Waals surface area contributed by atoms with Gasteiger partial charge in [0.15, 0.2) is 0 Å². The van der Waals surface area contributed by atoms with Crippen molar-refractivity contribution < 1.29 is 13.2 Å². The van der Waals surface area contributed by atoms with E-state index in [1.54, 1.807) is 0 Å². The van der Waals surface area contributed by atoms with Crippen molar-refractivity contribution in [2.75, 3.05) is 6.54 Å². The Morgan fingerprint density at radius 1 is 0.952 bits per heavy atom. The van der Waals surface area contributed by atoms with Crippen LogP contribution in [0.5, 0.6) is 0 Å². The zero-order chi connectivity index (χ0) is 15.3. The highest BCUT2D eigenvalue weighted by Crippen LogP contribution is 2.41. The van der Waals surface area contributed by atoms with Crippen LogP contribution in [0.25, 0.3) is 0 Å². The topological polar surface area (TPSA) is 12.0 Å². The third-order valence-electron chi connectivity index (χ3n) is 5.58. The van der Waals surface area contributed by atoms with Gasteiger partial charge in [-0.2, -0.15) is 13.2 Å². The molecule has 1 atom stereocenters. The van der Waals surface area contributed by atoms with Crippen molar-refractivity contribution >= 4 is 0 Å². The van der Waals surface area contributed by atoms with Gasteiger partial charge in [0, 0.05) is 6.04 Å². The lowest BCUT2D eigenvalue weighted by atomic mass is 9.74. The molecule has 0 aromatic heterocycles. The number of halogens is 3. The molecule has 2 rings (SSSR count). The molecule has 124 valence electrons. The van der Waals surface area contributed by atoms with Crippen LogP contribution in [0.1, 0.15) is 71.1 Å². The highest BCUT2D eigenvalue weighted by Gasteiger charge is 2.42. The van der Waals surface area contributed by atoms with Crippen LogP contribution in [-0.2, 0) is 0 Å². The van der Waals surface area contributed by atoms with E-state index in [4.69, 9.17) is 0 Å². The molecule has 21 heavy (non-hydrogen) atoms. The fourth-order valence-corrected chi connectivity index (χ4v) is 4.34. The molecule has 2 aliphatic carbocycles. The van der Waals surface area contributed by atoms with Crippen LogP contribution >= 0.6 is 0 Å². The van der Waals surface area contributed by atoms with Crippen molar-refractivity contribution in [3.8, 4) is 0 Å². The number of rotatable bonds is 5. The molecule has 1 unspecified atom stereocenters. The number of nitrogens with one attached hydrogen (secondary N) is 1. The van der Waals surface area contributed by atoms with Gasteiger partial charge < -0.3 is 5.32 Å². The molecule has 0 heterocycles. The van der Waals surface area contributed by atoms with E-state index in [1.807, 2.05) is 0 Å². The molecule has 0 bridgehead atoms. The third-order valence-corrected chi connectivity index (χ3v) is 5.58. The Hall–Kier alpha value is -0.250. The summed E-state index contributed by atoms with van der Waals surface area (Å²) < 4.78 is 38.3. The van der Waals surface area contributed by atoms with E-state index in [0.717, 1.165) is 25.3 Å². The van der Waals surface area contributed by atoms with Gasteiger partial charge in [-0.25, -0.2) is 0 Å². The number of alkyl halides is 3. The van der Waals surface area contributed by atoms with E-state index >= 15 is 0 Å². The van der Waals surface area contributed by atoms with Crippen molar-refractivity contribution in [1.29, 1.82) is 0 Å². The summed E-state index contributed by atoms with van der Waals surface area (Å²) in [6.07, 6.45) is 6.02. The van der Waals surface area contributed by atoms with Gasteiger partial charge in [0.1, 0.15) is 0 Å². The molecular formula is C17H30F3N. The summed E-state index contributed by atoms with van der Waals surface area (Å²) >= 11 is 0. The second kappa shape index (κ2) is 7.85. The summed E-state index contributed by atoms with van der Waals surface area (Å²) in [6.45, 7) is 3.03. The Labute approximate surface area is 127 Å². The van der Waals surface area contributed by atoms with Gasteiger partial charge in [0.2, 0.25) is 0 Å². The predicted molar refractivity (Wildman–Crippen MR) is 80.2 cm³/mol. The molecule has 1 nitrogen and oxygen atoms in total. The average molecular weight is 305 g/mol. The molecule has 0 saturated heterocycles. The summed E-state index contributed by atoms with van der Waals surface area (Å²) in [4.78, 5) is 0. The van der Waals surface area contributed by atoms with Gasteiger partial charge in [0.25, 0.3) is 0 Å². The van der Waals surface area contributed by atoms with Gasteiger partial charge in [-0.15, -0.1) is 0 Å². The number of hydrogen-bond donors (Lipinski definition) is 1. The van der Waals surface area contributed by atoms with Crippen LogP contribution in [0, 0.1) is 17.8 Å². The molecule has 4 heteroatoms. The van der Waals surface area contributed by atoms with E-state index in [1.165, 1.54) is 38.5 Å². The first-order chi connectivity index (χ1) is 10.0. The molecule has 2 fully saturated rings. The first-order valence-electron chi connectivity index (χ1n) is 8.80. The lowest BCUT2D eigenvalue weighted by Crippen LogP contribution is -2.41. The normalized spacial score (nSPS) is 30.3. The van der Waals surface area contributed by atoms with Gasteiger partial charge in [-0.05, 0) is 50.5 Å². The summed E-state index contributed by atoms with van der Waals surface area (Å²) in [6, 6.07) is 0.437. The average Bonchev–Trinajstić information content (AvgIpc) is 2.47. The van der Waals surface area contributed by atoms with Crippen molar-refractivity contribution in [2.24, 2.45) is 17.8 Å². The summed E-state index contributed by atoms with van der Waals surface area (Å²) in [7, 11) is 0. The van der Waals surface area contributed by atoms with Crippen LogP contribution < -0.4 is 5.32 Å². The minimum absolute atomic E-state index is 0.334. The standard InChI is InChI=1S/C17H30F3N/c1-2-21-16(12-13-6-4-3-5-7-13)14-8-10-15(11-9-14)17(18,19)20/h13-16,21H,2-12H2,1H3. The summed E-state index contributed by atoms with van der Waals surface area (Å²) in [5.74, 6) is 0.194. The highest BCUT2D eigenvalue weighted by molar-refractivity contribution is 4.86. The maximum Gasteiger partial charge on any atom is 0.391 e. The Bertz CT molecular complexity index is 289. The predicted octanol–water partition coefficient (Wildman–Crippen LogP) is 5.30. The smallest absolute Gasteiger partial charge is 0.314 e. The van der Waals surface area contributed by atoms with Crippen LogP contribution in [0.4, 0.5) is 13.2 Å². The van der Waals surface area contributed by atoms with E-state index in [9.17, 15) is 13.2 Å². The monoisotopic (exact) mass is 305 g/mol. The maximum absolute atomic E-state index is 12.8. The molecule has 0 amide bonds. The number of hydrogen-bond acceptors (Lipinski definition) is 1. The minimum atomic E-state index is -3.98. The Morgan fingerprint density at radius 2 is 1.57 bits per heavy atom. The lowest BCUT2D eigenvalue weighted by molar-refractivity contribution is -0.184. The SMILES string of the molecule is CCNC(CC1CCCCC1)C1CCC(C(F)(F)F)CC1. The molecule has 1 N–H and O–H groups in total. The molecule has 0 aromatic carbocycles. The van der Waals surface area contributed by atoms with Gasteiger partial charge >= 0.3 is 6.18 Å². The second-order valence-electron chi connectivity index (χ2n) is 7.06. The van der Waals surface area contributed by atoms with E-state index in [-0.39, 0.29) is 0 Å². The zero-order valence-corrected chi connectivity index (χ0v) is 13.2. The van der Waals surface area contributed by atoms with Crippen molar-refractivity contribution in [1.82, 2.24) is 5.32 Å². The molecule has 2 saturated carbocycles. The van der Waals surface area contributed by atoms with Gasteiger partial charge in [-0.3, -0.25) is 0 Å². The fourth-order valence-electron chi connectivity index (χ4n) is 4.34. The fraction of sp³-hybridized carbons (Fsp3) is 1.00. The van der Waals surface area contributed by atoms with Crippen LogP contribution in [0.2, 0.25) is 0 Å². The minimum Gasteiger partial charge on any atom is -0.314 e. The first kappa shape index (κ1) is 17.1. The van der Waals surface area contributed by atoms with Crippen molar-refractivity contribution in [3.05, 3.63) is 0 Å².